The summed E-state index contributed by atoms with van der Waals surface area (Å²) < 4.78 is 0. The Hall–Kier alpha value is -2.95. The predicted molar refractivity (Wildman–Crippen MR) is 103 cm³/mol. The molecule has 1 atom stereocenters. The van der Waals surface area contributed by atoms with E-state index >= 15 is 0 Å². The van der Waals surface area contributed by atoms with Gasteiger partial charge in [0.25, 0.3) is 0 Å². The molecule has 1 aliphatic heterocycles. The summed E-state index contributed by atoms with van der Waals surface area (Å²) >= 11 is 0. The zero-order valence-electron chi connectivity index (χ0n) is 14.6. The van der Waals surface area contributed by atoms with E-state index in [2.05, 4.69) is 44.5 Å². The molecule has 1 saturated heterocycles. The van der Waals surface area contributed by atoms with Gasteiger partial charge in [-0.25, -0.2) is 9.97 Å². The van der Waals surface area contributed by atoms with E-state index in [1.54, 1.807) is 12.4 Å². The van der Waals surface area contributed by atoms with E-state index in [9.17, 15) is 4.79 Å². The van der Waals surface area contributed by atoms with Crippen molar-refractivity contribution in [2.24, 2.45) is 0 Å². The summed E-state index contributed by atoms with van der Waals surface area (Å²) in [6, 6.07) is 16.4. The molecule has 2 heterocycles. The first kappa shape index (κ1) is 16.5. The lowest BCUT2D eigenvalue weighted by atomic mass is 10.0. The van der Waals surface area contributed by atoms with Gasteiger partial charge in [0.2, 0.25) is 11.9 Å². The van der Waals surface area contributed by atoms with Gasteiger partial charge in [0.1, 0.15) is 0 Å². The predicted octanol–water partition coefficient (Wildman–Crippen LogP) is 2.96. The number of anilines is 1. The number of piperidine rings is 1. The number of benzene rings is 2. The Morgan fingerprint density at radius 3 is 2.73 bits per heavy atom. The maximum Gasteiger partial charge on any atom is 0.225 e. The van der Waals surface area contributed by atoms with Crippen molar-refractivity contribution >= 4 is 22.6 Å². The van der Waals surface area contributed by atoms with Crippen LogP contribution >= 0.6 is 0 Å². The van der Waals surface area contributed by atoms with Crippen molar-refractivity contribution in [2.75, 3.05) is 18.0 Å². The molecule has 4 rings (SSSR count). The van der Waals surface area contributed by atoms with Crippen LogP contribution in [0.15, 0.2) is 60.9 Å². The third-order valence-electron chi connectivity index (χ3n) is 4.80. The van der Waals surface area contributed by atoms with Gasteiger partial charge in [0, 0.05) is 31.5 Å². The second kappa shape index (κ2) is 7.52. The fourth-order valence-corrected chi connectivity index (χ4v) is 3.54. The summed E-state index contributed by atoms with van der Waals surface area (Å²) in [5.74, 6) is 0.807. The van der Waals surface area contributed by atoms with Crippen molar-refractivity contribution in [1.29, 1.82) is 0 Å². The van der Waals surface area contributed by atoms with Gasteiger partial charge >= 0.3 is 0 Å². The Morgan fingerprint density at radius 1 is 1.08 bits per heavy atom. The van der Waals surface area contributed by atoms with Gasteiger partial charge < -0.3 is 10.2 Å². The van der Waals surface area contributed by atoms with Gasteiger partial charge in [0.15, 0.2) is 0 Å². The number of carbonyl (C=O) groups is 1. The third kappa shape index (κ3) is 3.82. The molecule has 0 aliphatic carbocycles. The van der Waals surface area contributed by atoms with Gasteiger partial charge in [-0.2, -0.15) is 0 Å². The zero-order chi connectivity index (χ0) is 17.8. The molecule has 3 aromatic rings. The normalized spacial score (nSPS) is 17.2. The van der Waals surface area contributed by atoms with Crippen LogP contribution in [-0.4, -0.2) is 35.0 Å². The summed E-state index contributed by atoms with van der Waals surface area (Å²) in [4.78, 5) is 23.3. The Kier molecular flexibility index (Phi) is 4.78. The molecule has 5 nitrogen and oxygen atoms in total. The Labute approximate surface area is 153 Å². The second-order valence-corrected chi connectivity index (χ2v) is 6.76. The molecular formula is C21H22N4O. The van der Waals surface area contributed by atoms with Crippen molar-refractivity contribution in [3.8, 4) is 0 Å². The van der Waals surface area contributed by atoms with Gasteiger partial charge in [-0.05, 0) is 35.2 Å². The Balaban J connectivity index is 1.37. The van der Waals surface area contributed by atoms with Gasteiger partial charge in [-0.3, -0.25) is 4.79 Å². The number of nitrogens with zero attached hydrogens (tertiary/aromatic N) is 3. The Bertz CT molecular complexity index is 897. The summed E-state index contributed by atoms with van der Waals surface area (Å²) in [5, 5.41) is 5.55. The number of rotatable bonds is 4. The number of aromatic nitrogens is 2. The van der Waals surface area contributed by atoms with E-state index in [-0.39, 0.29) is 11.9 Å². The van der Waals surface area contributed by atoms with Gasteiger partial charge in [-0.1, -0.05) is 42.5 Å². The van der Waals surface area contributed by atoms with Crippen LogP contribution in [0.4, 0.5) is 5.95 Å². The molecule has 0 radical (unpaired) electrons. The standard InChI is InChI=1S/C21H22N4O/c26-20(14-16-8-9-17-5-1-2-6-18(17)13-16)24-19-7-3-12-25(15-19)21-22-10-4-11-23-21/h1-2,4-6,8-11,13,19H,3,7,12,14-15H2,(H,24,26). The molecule has 0 spiro atoms. The highest BCUT2D eigenvalue weighted by Gasteiger charge is 2.22. The largest absolute Gasteiger partial charge is 0.351 e. The minimum absolute atomic E-state index is 0.0705. The van der Waals surface area contributed by atoms with E-state index in [0.29, 0.717) is 6.42 Å². The number of hydrogen-bond acceptors (Lipinski definition) is 4. The van der Waals surface area contributed by atoms with Crippen molar-refractivity contribution in [3.63, 3.8) is 0 Å². The lowest BCUT2D eigenvalue weighted by Crippen LogP contribution is -2.48. The number of hydrogen-bond donors (Lipinski definition) is 1. The summed E-state index contributed by atoms with van der Waals surface area (Å²) in [6.45, 7) is 1.69. The average molecular weight is 346 g/mol. The first-order valence-electron chi connectivity index (χ1n) is 9.07. The lowest BCUT2D eigenvalue weighted by Gasteiger charge is -2.33. The van der Waals surface area contributed by atoms with Crippen LogP contribution in [0.5, 0.6) is 0 Å². The van der Waals surface area contributed by atoms with Gasteiger partial charge in [-0.15, -0.1) is 0 Å². The van der Waals surface area contributed by atoms with Crippen molar-refractivity contribution in [3.05, 3.63) is 66.5 Å². The average Bonchev–Trinajstić information content (AvgIpc) is 2.69. The molecule has 5 heteroatoms. The van der Waals surface area contributed by atoms with Crippen LogP contribution in [0, 0.1) is 0 Å². The summed E-state index contributed by atoms with van der Waals surface area (Å²) in [5.41, 5.74) is 1.04. The molecule has 1 unspecified atom stereocenters. The van der Waals surface area contributed by atoms with E-state index in [4.69, 9.17) is 0 Å². The molecule has 0 bridgehead atoms. The highest BCUT2D eigenvalue weighted by Crippen LogP contribution is 2.17. The van der Waals surface area contributed by atoms with Crippen molar-refractivity contribution in [2.45, 2.75) is 25.3 Å². The molecule has 132 valence electrons. The van der Waals surface area contributed by atoms with E-state index in [1.165, 1.54) is 10.8 Å². The van der Waals surface area contributed by atoms with E-state index in [0.717, 1.165) is 37.4 Å². The molecular weight excluding hydrogens is 324 g/mol. The number of carbonyl (C=O) groups excluding carboxylic acids is 1. The SMILES string of the molecule is O=C(Cc1ccc2ccccc2c1)NC1CCCN(c2ncccn2)C1. The zero-order valence-corrected chi connectivity index (χ0v) is 14.6. The smallest absolute Gasteiger partial charge is 0.225 e. The molecule has 1 amide bonds. The molecule has 0 saturated carbocycles. The quantitative estimate of drug-likeness (QED) is 0.789. The summed E-state index contributed by atoms with van der Waals surface area (Å²) in [7, 11) is 0. The highest BCUT2D eigenvalue weighted by atomic mass is 16.1. The van der Waals surface area contributed by atoms with Crippen LogP contribution in [0.25, 0.3) is 10.8 Å². The van der Waals surface area contributed by atoms with E-state index < -0.39 is 0 Å². The minimum Gasteiger partial charge on any atom is -0.351 e. The maximum atomic E-state index is 12.5. The van der Waals surface area contributed by atoms with Crippen molar-refractivity contribution in [1.82, 2.24) is 15.3 Å². The fraction of sp³-hybridized carbons (Fsp3) is 0.286. The molecule has 1 N–H and O–H groups in total. The first-order valence-corrected chi connectivity index (χ1v) is 9.07. The van der Waals surface area contributed by atoms with Crippen LogP contribution < -0.4 is 10.2 Å². The Morgan fingerprint density at radius 2 is 1.88 bits per heavy atom. The second-order valence-electron chi connectivity index (χ2n) is 6.76. The molecule has 1 fully saturated rings. The molecule has 26 heavy (non-hydrogen) atoms. The molecule has 1 aromatic heterocycles. The first-order chi connectivity index (χ1) is 12.8. The van der Waals surface area contributed by atoms with Gasteiger partial charge in [0.05, 0.1) is 6.42 Å². The van der Waals surface area contributed by atoms with Crippen molar-refractivity contribution < 1.29 is 4.79 Å². The van der Waals surface area contributed by atoms with E-state index in [1.807, 2.05) is 24.3 Å². The maximum absolute atomic E-state index is 12.5. The fourth-order valence-electron chi connectivity index (χ4n) is 3.54. The minimum atomic E-state index is 0.0705. The highest BCUT2D eigenvalue weighted by molar-refractivity contribution is 5.85. The topological polar surface area (TPSA) is 58.1 Å². The number of fused-ring (bicyclic) bond motifs is 1. The van der Waals surface area contributed by atoms with Crippen LogP contribution in [-0.2, 0) is 11.2 Å². The monoisotopic (exact) mass is 346 g/mol. The third-order valence-corrected chi connectivity index (χ3v) is 4.80. The summed E-state index contributed by atoms with van der Waals surface area (Å²) in [6.07, 6.45) is 5.93. The molecule has 1 aliphatic rings. The lowest BCUT2D eigenvalue weighted by molar-refractivity contribution is -0.121. The molecule has 2 aromatic carbocycles. The van der Waals surface area contributed by atoms with Crippen LogP contribution in [0.3, 0.4) is 0 Å². The number of amides is 1. The number of nitrogens with one attached hydrogen (secondary N) is 1. The van der Waals surface area contributed by atoms with Crippen LogP contribution in [0.1, 0.15) is 18.4 Å². The van der Waals surface area contributed by atoms with Crippen LogP contribution in [0.2, 0.25) is 0 Å².